The Kier molecular flexibility index (Phi) is 3.47. The monoisotopic (exact) mass is 240 g/mol. The first kappa shape index (κ1) is 10.3. The molecule has 0 saturated heterocycles. The number of pyridine rings is 1. The standard InChI is InChI=1S/C9H9ClN4S/c10-8-9(14-15-13-8)12-5-3-7-2-1-4-11-6-7/h1-2,4,6H,3,5H2,(H,12,14). The molecule has 1 N–H and O–H groups in total. The molecule has 2 aromatic heterocycles. The smallest absolute Gasteiger partial charge is 0.186 e. The molecular formula is C9H9ClN4S. The molecule has 0 saturated carbocycles. The molecule has 0 aliphatic carbocycles. The molecule has 0 amide bonds. The van der Waals surface area contributed by atoms with Crippen LogP contribution in [0.2, 0.25) is 5.15 Å². The highest BCUT2D eigenvalue weighted by Gasteiger charge is 2.03. The summed E-state index contributed by atoms with van der Waals surface area (Å²) in [5.74, 6) is 0.658. The van der Waals surface area contributed by atoms with Gasteiger partial charge in [0.2, 0.25) is 0 Å². The fourth-order valence-corrected chi connectivity index (χ4v) is 1.84. The van der Waals surface area contributed by atoms with E-state index in [1.54, 1.807) is 6.20 Å². The van der Waals surface area contributed by atoms with E-state index in [4.69, 9.17) is 11.6 Å². The van der Waals surface area contributed by atoms with Crippen molar-refractivity contribution >= 4 is 29.1 Å². The van der Waals surface area contributed by atoms with Crippen molar-refractivity contribution in [2.45, 2.75) is 6.42 Å². The summed E-state index contributed by atoms with van der Waals surface area (Å²) in [5, 5.41) is 3.55. The van der Waals surface area contributed by atoms with E-state index < -0.39 is 0 Å². The average Bonchev–Trinajstić information content (AvgIpc) is 2.66. The van der Waals surface area contributed by atoms with E-state index >= 15 is 0 Å². The van der Waals surface area contributed by atoms with Crippen molar-refractivity contribution in [3.05, 3.63) is 35.2 Å². The van der Waals surface area contributed by atoms with Crippen LogP contribution in [0.3, 0.4) is 0 Å². The third-order valence-corrected chi connectivity index (χ3v) is 2.77. The van der Waals surface area contributed by atoms with Crippen LogP contribution in [0, 0.1) is 0 Å². The van der Waals surface area contributed by atoms with E-state index in [0.717, 1.165) is 24.7 Å². The van der Waals surface area contributed by atoms with Gasteiger partial charge in [0.15, 0.2) is 11.0 Å². The molecule has 0 bridgehead atoms. The Hall–Kier alpha value is -1.20. The number of nitrogens with zero attached hydrogens (tertiary/aromatic N) is 3. The van der Waals surface area contributed by atoms with Crippen LogP contribution in [0.1, 0.15) is 5.56 Å². The van der Waals surface area contributed by atoms with Crippen molar-refractivity contribution in [3.63, 3.8) is 0 Å². The van der Waals surface area contributed by atoms with Crippen LogP contribution in [-0.2, 0) is 6.42 Å². The largest absolute Gasteiger partial charge is 0.366 e. The molecule has 78 valence electrons. The SMILES string of the molecule is Clc1nsnc1NCCc1cccnc1. The quantitative estimate of drug-likeness (QED) is 0.891. The van der Waals surface area contributed by atoms with Gasteiger partial charge in [-0.05, 0) is 18.1 Å². The zero-order chi connectivity index (χ0) is 10.5. The van der Waals surface area contributed by atoms with Gasteiger partial charge >= 0.3 is 0 Å². The van der Waals surface area contributed by atoms with E-state index in [2.05, 4.69) is 19.0 Å². The Morgan fingerprint density at radius 2 is 2.33 bits per heavy atom. The van der Waals surface area contributed by atoms with Crippen molar-refractivity contribution in [1.29, 1.82) is 0 Å². The summed E-state index contributed by atoms with van der Waals surface area (Å²) in [4.78, 5) is 4.04. The van der Waals surface area contributed by atoms with Gasteiger partial charge in [-0.2, -0.15) is 8.75 Å². The lowest BCUT2D eigenvalue weighted by Gasteiger charge is -2.02. The minimum absolute atomic E-state index is 0.436. The first-order chi connectivity index (χ1) is 7.36. The first-order valence-electron chi connectivity index (χ1n) is 4.47. The summed E-state index contributed by atoms with van der Waals surface area (Å²) in [7, 11) is 0. The van der Waals surface area contributed by atoms with Crippen molar-refractivity contribution < 1.29 is 0 Å². The molecule has 0 aliphatic heterocycles. The molecular weight excluding hydrogens is 232 g/mol. The van der Waals surface area contributed by atoms with E-state index in [0.29, 0.717) is 11.0 Å². The predicted octanol–water partition coefficient (Wildman–Crippen LogP) is 2.24. The minimum atomic E-state index is 0.436. The Morgan fingerprint density at radius 3 is 3.00 bits per heavy atom. The Bertz CT molecular complexity index is 417. The maximum absolute atomic E-state index is 5.78. The van der Waals surface area contributed by atoms with Crippen molar-refractivity contribution in [1.82, 2.24) is 13.7 Å². The summed E-state index contributed by atoms with van der Waals surface area (Å²) in [6.07, 6.45) is 4.50. The van der Waals surface area contributed by atoms with Gasteiger partial charge in [0.1, 0.15) is 0 Å². The summed E-state index contributed by atoms with van der Waals surface area (Å²) in [6, 6.07) is 3.96. The van der Waals surface area contributed by atoms with Crippen LogP contribution in [0.25, 0.3) is 0 Å². The molecule has 2 rings (SSSR count). The van der Waals surface area contributed by atoms with Crippen LogP contribution < -0.4 is 5.32 Å². The van der Waals surface area contributed by atoms with E-state index in [1.165, 1.54) is 5.56 Å². The topological polar surface area (TPSA) is 50.7 Å². The summed E-state index contributed by atoms with van der Waals surface area (Å²) >= 11 is 6.89. The number of aromatic nitrogens is 3. The van der Waals surface area contributed by atoms with Gasteiger partial charge in [-0.3, -0.25) is 4.98 Å². The first-order valence-corrected chi connectivity index (χ1v) is 5.58. The normalized spacial score (nSPS) is 10.2. The van der Waals surface area contributed by atoms with Gasteiger partial charge in [0, 0.05) is 18.9 Å². The Labute approximate surface area is 96.7 Å². The predicted molar refractivity (Wildman–Crippen MR) is 61.3 cm³/mol. The second-order valence-corrected chi connectivity index (χ2v) is 3.83. The summed E-state index contributed by atoms with van der Waals surface area (Å²) < 4.78 is 7.88. The van der Waals surface area contributed by atoms with E-state index in [-0.39, 0.29) is 0 Å². The lowest BCUT2D eigenvalue weighted by Crippen LogP contribution is -2.05. The van der Waals surface area contributed by atoms with E-state index in [1.807, 2.05) is 18.3 Å². The highest BCUT2D eigenvalue weighted by Crippen LogP contribution is 2.17. The minimum Gasteiger partial charge on any atom is -0.366 e. The molecule has 0 atom stereocenters. The molecule has 4 nitrogen and oxygen atoms in total. The number of hydrogen-bond donors (Lipinski definition) is 1. The second kappa shape index (κ2) is 5.04. The van der Waals surface area contributed by atoms with Crippen molar-refractivity contribution in [3.8, 4) is 0 Å². The van der Waals surface area contributed by atoms with Crippen LogP contribution >= 0.6 is 23.3 Å². The lowest BCUT2D eigenvalue weighted by atomic mass is 10.2. The average molecular weight is 241 g/mol. The number of nitrogens with one attached hydrogen (secondary N) is 1. The zero-order valence-corrected chi connectivity index (χ0v) is 9.42. The van der Waals surface area contributed by atoms with Crippen LogP contribution in [0.4, 0.5) is 5.82 Å². The summed E-state index contributed by atoms with van der Waals surface area (Å²) in [5.41, 5.74) is 1.18. The van der Waals surface area contributed by atoms with Crippen LogP contribution in [0.15, 0.2) is 24.5 Å². The van der Waals surface area contributed by atoms with Gasteiger partial charge in [-0.15, -0.1) is 0 Å². The zero-order valence-electron chi connectivity index (χ0n) is 7.85. The van der Waals surface area contributed by atoms with Gasteiger partial charge in [-0.1, -0.05) is 17.7 Å². The molecule has 15 heavy (non-hydrogen) atoms. The molecule has 6 heteroatoms. The maximum atomic E-state index is 5.78. The highest BCUT2D eigenvalue weighted by molar-refractivity contribution is 6.99. The number of halogens is 1. The maximum Gasteiger partial charge on any atom is 0.186 e. The number of hydrogen-bond acceptors (Lipinski definition) is 5. The molecule has 0 spiro atoms. The van der Waals surface area contributed by atoms with Gasteiger partial charge < -0.3 is 5.32 Å². The Balaban J connectivity index is 1.83. The van der Waals surface area contributed by atoms with Crippen LogP contribution in [0.5, 0.6) is 0 Å². The third-order valence-electron chi connectivity index (χ3n) is 1.88. The van der Waals surface area contributed by atoms with Crippen molar-refractivity contribution in [2.75, 3.05) is 11.9 Å². The fourth-order valence-electron chi connectivity index (χ4n) is 1.15. The fraction of sp³-hybridized carbons (Fsp3) is 0.222. The molecule has 0 unspecified atom stereocenters. The van der Waals surface area contributed by atoms with Gasteiger partial charge in [0.05, 0.1) is 11.7 Å². The molecule has 0 aliphatic rings. The molecule has 2 aromatic rings. The van der Waals surface area contributed by atoms with E-state index in [9.17, 15) is 0 Å². The molecule has 2 heterocycles. The number of anilines is 1. The molecule has 0 radical (unpaired) electrons. The lowest BCUT2D eigenvalue weighted by molar-refractivity contribution is 0.999. The van der Waals surface area contributed by atoms with Crippen molar-refractivity contribution in [2.24, 2.45) is 0 Å². The Morgan fingerprint density at radius 1 is 1.40 bits per heavy atom. The highest BCUT2D eigenvalue weighted by atomic mass is 35.5. The summed E-state index contributed by atoms with van der Waals surface area (Å²) in [6.45, 7) is 0.775. The molecule has 0 fully saturated rings. The second-order valence-electron chi connectivity index (χ2n) is 2.94. The molecule has 0 aromatic carbocycles. The van der Waals surface area contributed by atoms with Gasteiger partial charge in [-0.25, -0.2) is 0 Å². The number of rotatable bonds is 4. The third kappa shape index (κ3) is 2.87. The van der Waals surface area contributed by atoms with Gasteiger partial charge in [0.25, 0.3) is 0 Å². The van der Waals surface area contributed by atoms with Crippen LogP contribution in [-0.4, -0.2) is 20.3 Å².